The van der Waals surface area contributed by atoms with Crippen LogP contribution >= 0.6 is 0 Å². The number of sulfonamides is 1. The van der Waals surface area contributed by atoms with Gasteiger partial charge in [0, 0.05) is 32.4 Å². The Balaban J connectivity index is 1.72. The van der Waals surface area contributed by atoms with Crippen molar-refractivity contribution in [3.05, 3.63) is 48.3 Å². The van der Waals surface area contributed by atoms with E-state index < -0.39 is 21.9 Å². The quantitative estimate of drug-likeness (QED) is 0.825. The molecule has 2 aromatic heterocycles. The number of nitrogens with zero attached hydrogens (tertiary/aromatic N) is 4. The van der Waals surface area contributed by atoms with Crippen LogP contribution in [-0.4, -0.2) is 48.9 Å². The summed E-state index contributed by atoms with van der Waals surface area (Å²) in [4.78, 5) is 9.13. The minimum atomic E-state index is -4.51. The van der Waals surface area contributed by atoms with Crippen molar-refractivity contribution < 1.29 is 21.6 Å². The van der Waals surface area contributed by atoms with Crippen molar-refractivity contribution in [1.29, 1.82) is 0 Å². The highest BCUT2D eigenvalue weighted by Gasteiger charge is 2.34. The molecule has 10 heteroatoms. The van der Waals surface area contributed by atoms with Gasteiger partial charge in [0.05, 0.1) is 0 Å². The van der Waals surface area contributed by atoms with Gasteiger partial charge in [-0.25, -0.2) is 18.4 Å². The number of pyridine rings is 2. The van der Waals surface area contributed by atoms with E-state index in [4.69, 9.17) is 0 Å². The summed E-state index contributed by atoms with van der Waals surface area (Å²) < 4.78 is 64.6. The van der Waals surface area contributed by atoms with E-state index >= 15 is 0 Å². The minimum Gasteiger partial charge on any atom is -0.354 e. The molecule has 1 saturated heterocycles. The Kier molecular flexibility index (Phi) is 4.65. The summed E-state index contributed by atoms with van der Waals surface area (Å²) in [5, 5.41) is -0.0411. The molecule has 0 aromatic carbocycles. The van der Waals surface area contributed by atoms with Crippen LogP contribution in [0.5, 0.6) is 0 Å². The van der Waals surface area contributed by atoms with Gasteiger partial charge in [-0.1, -0.05) is 12.1 Å². The smallest absolute Gasteiger partial charge is 0.354 e. The molecule has 134 valence electrons. The lowest BCUT2D eigenvalue weighted by molar-refractivity contribution is -0.141. The Morgan fingerprint density at radius 1 is 0.960 bits per heavy atom. The second-order valence-corrected chi connectivity index (χ2v) is 7.32. The Labute approximate surface area is 143 Å². The van der Waals surface area contributed by atoms with Crippen molar-refractivity contribution in [2.75, 3.05) is 31.1 Å². The van der Waals surface area contributed by atoms with Crippen LogP contribution in [0.15, 0.2) is 47.6 Å². The molecule has 0 amide bonds. The summed E-state index contributed by atoms with van der Waals surface area (Å²) in [6, 6.07) is 8.31. The number of piperazine rings is 1. The van der Waals surface area contributed by atoms with Crippen LogP contribution in [0, 0.1) is 0 Å². The van der Waals surface area contributed by atoms with E-state index in [2.05, 4.69) is 9.97 Å². The monoisotopic (exact) mass is 372 g/mol. The number of rotatable bonds is 3. The molecule has 0 unspecified atom stereocenters. The van der Waals surface area contributed by atoms with Crippen LogP contribution in [0.1, 0.15) is 5.69 Å². The Hall–Kier alpha value is -2.20. The fourth-order valence-electron chi connectivity index (χ4n) is 2.55. The van der Waals surface area contributed by atoms with Crippen LogP contribution in [0.25, 0.3) is 0 Å². The Morgan fingerprint density at radius 3 is 2.28 bits per heavy atom. The number of alkyl halides is 3. The fraction of sp³-hybridized carbons (Fsp3) is 0.333. The largest absolute Gasteiger partial charge is 0.433 e. The number of anilines is 1. The zero-order valence-corrected chi connectivity index (χ0v) is 13.8. The lowest BCUT2D eigenvalue weighted by Gasteiger charge is -2.34. The predicted octanol–water partition coefficient (Wildman–Crippen LogP) is 2.01. The molecule has 3 heterocycles. The molecular weight excluding hydrogens is 357 g/mol. The van der Waals surface area contributed by atoms with Crippen LogP contribution in [0.2, 0.25) is 0 Å². The Morgan fingerprint density at radius 2 is 1.68 bits per heavy atom. The summed E-state index contributed by atoms with van der Waals surface area (Å²) in [6.07, 6.45) is -3.12. The first kappa shape index (κ1) is 17.6. The summed E-state index contributed by atoms with van der Waals surface area (Å²) in [5.74, 6) is 0.185. The van der Waals surface area contributed by atoms with Gasteiger partial charge in [-0.15, -0.1) is 0 Å². The molecule has 1 aliphatic rings. The lowest BCUT2D eigenvalue weighted by atomic mass is 10.3. The molecule has 0 aliphatic carbocycles. The van der Waals surface area contributed by atoms with E-state index in [1.807, 2.05) is 0 Å². The van der Waals surface area contributed by atoms with Crippen LogP contribution in [-0.2, 0) is 16.2 Å². The first-order valence-corrected chi connectivity index (χ1v) is 8.93. The van der Waals surface area contributed by atoms with E-state index in [-0.39, 0.29) is 37.0 Å². The number of aromatic nitrogens is 2. The summed E-state index contributed by atoms with van der Waals surface area (Å²) >= 11 is 0. The Bertz CT molecular complexity index is 835. The van der Waals surface area contributed by atoms with Crippen LogP contribution < -0.4 is 4.90 Å². The maximum atomic E-state index is 12.8. The third-order valence-corrected chi connectivity index (χ3v) is 5.64. The minimum absolute atomic E-state index is 0.0411. The van der Waals surface area contributed by atoms with Gasteiger partial charge in [-0.3, -0.25) is 0 Å². The van der Waals surface area contributed by atoms with Crippen molar-refractivity contribution in [2.45, 2.75) is 11.2 Å². The number of hydrogen-bond acceptors (Lipinski definition) is 5. The third kappa shape index (κ3) is 3.74. The molecule has 1 aliphatic heterocycles. The topological polar surface area (TPSA) is 66.4 Å². The van der Waals surface area contributed by atoms with Gasteiger partial charge in [0.15, 0.2) is 5.03 Å². The van der Waals surface area contributed by atoms with E-state index in [9.17, 15) is 21.6 Å². The van der Waals surface area contributed by atoms with E-state index in [1.54, 1.807) is 17.0 Å². The average molecular weight is 372 g/mol. The van der Waals surface area contributed by atoms with E-state index in [0.717, 1.165) is 6.07 Å². The molecule has 2 aromatic rings. The first-order valence-electron chi connectivity index (χ1n) is 7.49. The average Bonchev–Trinajstić information content (AvgIpc) is 2.62. The molecule has 3 rings (SSSR count). The first-order chi connectivity index (χ1) is 11.8. The van der Waals surface area contributed by atoms with Gasteiger partial charge in [0.1, 0.15) is 11.5 Å². The van der Waals surface area contributed by atoms with Gasteiger partial charge in [-0.05, 0) is 24.3 Å². The van der Waals surface area contributed by atoms with E-state index in [1.165, 1.54) is 28.7 Å². The van der Waals surface area contributed by atoms with Crippen LogP contribution in [0.3, 0.4) is 0 Å². The van der Waals surface area contributed by atoms with Gasteiger partial charge in [0.2, 0.25) is 0 Å². The fourth-order valence-corrected chi connectivity index (χ4v) is 3.90. The SMILES string of the molecule is O=S(=O)(c1ccccn1)N1CCN(c2cccc(C(F)(F)F)n2)CC1. The number of hydrogen-bond donors (Lipinski definition) is 0. The maximum Gasteiger partial charge on any atom is 0.433 e. The molecular formula is C15H15F3N4O2S. The zero-order valence-electron chi connectivity index (χ0n) is 13.0. The normalized spacial score (nSPS) is 16.8. The van der Waals surface area contributed by atoms with Crippen molar-refractivity contribution in [1.82, 2.24) is 14.3 Å². The lowest BCUT2D eigenvalue weighted by Crippen LogP contribution is -2.49. The van der Waals surface area contributed by atoms with Gasteiger partial charge in [0.25, 0.3) is 10.0 Å². The number of halogens is 3. The maximum absolute atomic E-state index is 12.8. The summed E-state index contributed by atoms with van der Waals surface area (Å²) in [7, 11) is -3.70. The second-order valence-electron chi connectivity index (χ2n) is 5.44. The molecule has 0 atom stereocenters. The summed E-state index contributed by atoms with van der Waals surface area (Å²) in [5.41, 5.74) is -0.964. The standard InChI is InChI=1S/C15H15F3N4O2S/c16-15(17,18)12-4-3-5-13(20-12)21-8-10-22(11-9-21)25(23,24)14-6-1-2-7-19-14/h1-7H,8-11H2. The molecule has 0 N–H and O–H groups in total. The summed E-state index contributed by atoms with van der Waals surface area (Å²) in [6.45, 7) is 0.800. The van der Waals surface area contributed by atoms with Gasteiger partial charge < -0.3 is 4.90 Å². The highest BCUT2D eigenvalue weighted by Crippen LogP contribution is 2.29. The van der Waals surface area contributed by atoms with Crippen LogP contribution in [0.4, 0.5) is 19.0 Å². The van der Waals surface area contributed by atoms with E-state index in [0.29, 0.717) is 0 Å². The second kappa shape index (κ2) is 6.60. The molecule has 0 saturated carbocycles. The molecule has 6 nitrogen and oxygen atoms in total. The molecule has 0 bridgehead atoms. The van der Waals surface area contributed by atoms with Crippen molar-refractivity contribution in [3.63, 3.8) is 0 Å². The molecule has 25 heavy (non-hydrogen) atoms. The predicted molar refractivity (Wildman–Crippen MR) is 84.4 cm³/mol. The van der Waals surface area contributed by atoms with Crippen molar-refractivity contribution in [2.24, 2.45) is 0 Å². The highest BCUT2D eigenvalue weighted by molar-refractivity contribution is 7.89. The highest BCUT2D eigenvalue weighted by atomic mass is 32.2. The van der Waals surface area contributed by atoms with Gasteiger partial charge >= 0.3 is 6.18 Å². The zero-order chi connectivity index (χ0) is 18.1. The third-order valence-electron chi connectivity index (χ3n) is 3.83. The van der Waals surface area contributed by atoms with Crippen molar-refractivity contribution >= 4 is 15.8 Å². The van der Waals surface area contributed by atoms with Crippen molar-refractivity contribution in [3.8, 4) is 0 Å². The molecule has 0 radical (unpaired) electrons. The van der Waals surface area contributed by atoms with Gasteiger partial charge in [-0.2, -0.15) is 17.5 Å². The molecule has 0 spiro atoms. The molecule has 1 fully saturated rings.